The number of rotatable bonds is 0. The summed E-state index contributed by atoms with van der Waals surface area (Å²) in [7, 11) is 0. The van der Waals surface area contributed by atoms with E-state index in [0.717, 1.165) is 35.7 Å². The fourth-order valence-corrected chi connectivity index (χ4v) is 3.37. The lowest BCUT2D eigenvalue weighted by Gasteiger charge is -2.23. The van der Waals surface area contributed by atoms with E-state index >= 15 is 0 Å². The molecule has 2 N–H and O–H groups in total. The minimum atomic E-state index is -0.394. The molecule has 0 saturated carbocycles. The second kappa shape index (κ2) is 4.32. The number of hydrogen-bond donors (Lipinski definition) is 1. The lowest BCUT2D eigenvalue weighted by molar-refractivity contribution is 0.496. The molecule has 4 nitrogen and oxygen atoms in total. The summed E-state index contributed by atoms with van der Waals surface area (Å²) in [5.74, 6) is 0.884. The highest BCUT2D eigenvalue weighted by Gasteiger charge is 2.23. The van der Waals surface area contributed by atoms with Gasteiger partial charge in [0.05, 0.1) is 0 Å². The van der Waals surface area contributed by atoms with Crippen LogP contribution in [0.25, 0.3) is 21.7 Å². The normalized spacial score (nSPS) is 18.0. The number of para-hydroxylation sites is 1. The predicted molar refractivity (Wildman–Crippen MR) is 83.4 cm³/mol. The maximum absolute atomic E-state index is 12.3. The molecular formula is C17H16N2O2. The van der Waals surface area contributed by atoms with Gasteiger partial charge in [-0.05, 0) is 36.8 Å². The van der Waals surface area contributed by atoms with E-state index in [2.05, 4.69) is 11.9 Å². The van der Waals surface area contributed by atoms with Gasteiger partial charge in [0, 0.05) is 16.5 Å². The van der Waals surface area contributed by atoms with E-state index in [0.29, 0.717) is 16.9 Å². The molecule has 2 aromatic heterocycles. The molecule has 1 atom stereocenters. The summed E-state index contributed by atoms with van der Waals surface area (Å²) in [6.45, 7) is 2.23. The number of nitrogens with zero attached hydrogens (tertiary/aromatic N) is 1. The van der Waals surface area contributed by atoms with Crippen LogP contribution in [0.2, 0.25) is 0 Å². The van der Waals surface area contributed by atoms with Crippen LogP contribution in [0, 0.1) is 5.92 Å². The second-order valence-corrected chi connectivity index (χ2v) is 5.91. The number of aromatic nitrogens is 1. The van der Waals surface area contributed by atoms with Gasteiger partial charge < -0.3 is 10.2 Å². The van der Waals surface area contributed by atoms with Gasteiger partial charge in [-0.1, -0.05) is 25.1 Å². The van der Waals surface area contributed by atoms with Crippen LogP contribution in [0.5, 0.6) is 0 Å². The Balaban J connectivity index is 2.27. The predicted octanol–water partition coefficient (Wildman–Crippen LogP) is 3.05. The van der Waals surface area contributed by atoms with Crippen molar-refractivity contribution < 1.29 is 4.42 Å². The van der Waals surface area contributed by atoms with Gasteiger partial charge in [-0.15, -0.1) is 0 Å². The summed E-state index contributed by atoms with van der Waals surface area (Å²) in [4.78, 5) is 16.8. The summed E-state index contributed by atoms with van der Waals surface area (Å²) in [6, 6.07) is 7.64. The van der Waals surface area contributed by atoms with Crippen molar-refractivity contribution >= 4 is 27.6 Å². The first kappa shape index (κ1) is 12.4. The van der Waals surface area contributed by atoms with Crippen LogP contribution in [-0.4, -0.2) is 4.98 Å². The lowest BCUT2D eigenvalue weighted by atomic mass is 9.85. The zero-order chi connectivity index (χ0) is 14.6. The van der Waals surface area contributed by atoms with E-state index in [-0.39, 0.29) is 5.82 Å². The van der Waals surface area contributed by atoms with Crippen LogP contribution in [0.15, 0.2) is 33.5 Å². The zero-order valence-corrected chi connectivity index (χ0v) is 11.8. The van der Waals surface area contributed by atoms with Crippen LogP contribution < -0.4 is 11.4 Å². The van der Waals surface area contributed by atoms with Crippen molar-refractivity contribution in [2.75, 3.05) is 5.73 Å². The molecule has 0 aliphatic heterocycles. The van der Waals surface area contributed by atoms with Gasteiger partial charge in [0.2, 0.25) is 0 Å². The molecule has 1 aliphatic rings. The van der Waals surface area contributed by atoms with E-state index in [9.17, 15) is 4.79 Å². The summed E-state index contributed by atoms with van der Waals surface area (Å²) < 4.78 is 5.40. The van der Waals surface area contributed by atoms with Gasteiger partial charge in [0.1, 0.15) is 16.8 Å². The average Bonchev–Trinajstić information content (AvgIpc) is 2.47. The molecule has 1 aromatic carbocycles. The molecule has 0 fully saturated rings. The Labute approximate surface area is 121 Å². The summed E-state index contributed by atoms with van der Waals surface area (Å²) in [5, 5.41) is 2.32. The van der Waals surface area contributed by atoms with Crippen LogP contribution in [0.1, 0.15) is 24.6 Å². The third kappa shape index (κ3) is 1.75. The highest BCUT2D eigenvalue weighted by atomic mass is 16.4. The largest absolute Gasteiger partial charge is 0.422 e. The standard InChI is InChI=1S/C17H16N2O2/c1-9-6-7-12-11(8-9)14-10-4-2-3-5-13(10)21-17(20)15(14)16(18)19-12/h2-5,9H,6-8H2,1H3,(H2,18,19)/t9-/m0/s1. The number of aryl methyl sites for hydroxylation is 1. The van der Waals surface area contributed by atoms with Gasteiger partial charge in [-0.25, -0.2) is 9.78 Å². The second-order valence-electron chi connectivity index (χ2n) is 5.91. The van der Waals surface area contributed by atoms with E-state index < -0.39 is 5.63 Å². The van der Waals surface area contributed by atoms with Crippen LogP contribution in [0.4, 0.5) is 5.82 Å². The molecule has 4 rings (SSSR count). The van der Waals surface area contributed by atoms with Crippen molar-refractivity contribution in [1.82, 2.24) is 4.98 Å². The molecule has 1 aliphatic carbocycles. The van der Waals surface area contributed by atoms with Crippen molar-refractivity contribution in [2.24, 2.45) is 5.92 Å². The molecule has 3 aromatic rings. The van der Waals surface area contributed by atoms with Crippen LogP contribution >= 0.6 is 0 Å². The van der Waals surface area contributed by atoms with Gasteiger partial charge >= 0.3 is 5.63 Å². The fraction of sp³-hybridized carbons (Fsp3) is 0.294. The van der Waals surface area contributed by atoms with Gasteiger partial charge in [0.25, 0.3) is 0 Å². The van der Waals surface area contributed by atoms with E-state index in [1.54, 1.807) is 0 Å². The van der Waals surface area contributed by atoms with E-state index in [1.165, 1.54) is 5.56 Å². The fourth-order valence-electron chi connectivity index (χ4n) is 3.37. The monoisotopic (exact) mass is 280 g/mol. The minimum Gasteiger partial charge on any atom is -0.422 e. The maximum Gasteiger partial charge on any atom is 0.347 e. The molecule has 4 heteroatoms. The highest BCUT2D eigenvalue weighted by Crippen LogP contribution is 2.35. The molecule has 0 bridgehead atoms. The molecular weight excluding hydrogens is 264 g/mol. The zero-order valence-electron chi connectivity index (χ0n) is 11.8. The number of nitrogen functional groups attached to an aromatic ring is 1. The Bertz CT molecular complexity index is 927. The smallest absolute Gasteiger partial charge is 0.347 e. The first-order valence-corrected chi connectivity index (χ1v) is 7.28. The quantitative estimate of drug-likeness (QED) is 0.507. The Morgan fingerprint density at radius 3 is 2.95 bits per heavy atom. The summed E-state index contributed by atoms with van der Waals surface area (Å²) in [6.07, 6.45) is 2.97. The van der Waals surface area contributed by atoms with Gasteiger partial charge in [-0.3, -0.25) is 0 Å². The molecule has 0 saturated heterocycles. The van der Waals surface area contributed by atoms with Gasteiger partial charge in [0.15, 0.2) is 0 Å². The first-order chi connectivity index (χ1) is 10.1. The van der Waals surface area contributed by atoms with E-state index in [1.807, 2.05) is 24.3 Å². The van der Waals surface area contributed by atoms with Gasteiger partial charge in [-0.2, -0.15) is 0 Å². The number of anilines is 1. The molecule has 0 amide bonds. The Hall–Kier alpha value is -2.36. The maximum atomic E-state index is 12.3. The molecule has 0 unspecified atom stereocenters. The third-order valence-electron chi connectivity index (χ3n) is 4.40. The van der Waals surface area contributed by atoms with Crippen LogP contribution in [-0.2, 0) is 12.8 Å². The van der Waals surface area contributed by atoms with Crippen molar-refractivity contribution in [3.63, 3.8) is 0 Å². The van der Waals surface area contributed by atoms with Crippen molar-refractivity contribution in [1.29, 1.82) is 0 Å². The van der Waals surface area contributed by atoms with Crippen LogP contribution in [0.3, 0.4) is 0 Å². The number of pyridine rings is 1. The van der Waals surface area contributed by atoms with E-state index in [4.69, 9.17) is 10.2 Å². The molecule has 0 radical (unpaired) electrons. The van der Waals surface area contributed by atoms with Crippen molar-refractivity contribution in [2.45, 2.75) is 26.2 Å². The number of hydrogen-bond acceptors (Lipinski definition) is 4. The molecule has 0 spiro atoms. The third-order valence-corrected chi connectivity index (χ3v) is 4.40. The Kier molecular flexibility index (Phi) is 2.55. The van der Waals surface area contributed by atoms with Crippen molar-refractivity contribution in [3.8, 4) is 0 Å². The molecule has 106 valence electrons. The Morgan fingerprint density at radius 2 is 2.10 bits per heavy atom. The SMILES string of the molecule is C[C@H]1CCc2nc(N)c3c(=O)oc4ccccc4c3c2C1. The number of fused-ring (bicyclic) bond motifs is 5. The highest BCUT2D eigenvalue weighted by molar-refractivity contribution is 6.09. The topological polar surface area (TPSA) is 69.1 Å². The van der Waals surface area contributed by atoms with Crippen molar-refractivity contribution in [3.05, 3.63) is 45.9 Å². The average molecular weight is 280 g/mol. The number of benzene rings is 1. The summed E-state index contributed by atoms with van der Waals surface area (Å²) in [5.41, 5.74) is 8.46. The molecule has 2 heterocycles. The summed E-state index contributed by atoms with van der Waals surface area (Å²) >= 11 is 0. The first-order valence-electron chi connectivity index (χ1n) is 7.28. The lowest BCUT2D eigenvalue weighted by Crippen LogP contribution is -2.17. The number of nitrogens with two attached hydrogens (primary N) is 1. The molecule has 21 heavy (non-hydrogen) atoms. The Morgan fingerprint density at radius 1 is 1.29 bits per heavy atom. The minimum absolute atomic E-state index is 0.290.